The first-order valence-electron chi connectivity index (χ1n) is 4.95. The van der Waals surface area contributed by atoms with Gasteiger partial charge in [-0.25, -0.2) is 0 Å². The Bertz CT molecular complexity index is 233. The molecule has 2 fully saturated rings. The van der Waals surface area contributed by atoms with Crippen LogP contribution in [0.5, 0.6) is 0 Å². The van der Waals surface area contributed by atoms with Crippen molar-refractivity contribution in [3.8, 4) is 0 Å². The number of piperidine rings is 2. The van der Waals surface area contributed by atoms with Gasteiger partial charge in [-0.1, -0.05) is 0 Å². The van der Waals surface area contributed by atoms with Crippen molar-refractivity contribution < 1.29 is 13.9 Å². The molecule has 14 heavy (non-hydrogen) atoms. The van der Waals surface area contributed by atoms with Gasteiger partial charge in [0.25, 0.3) is 0 Å². The van der Waals surface area contributed by atoms with Crippen LogP contribution in [0.2, 0.25) is 0 Å². The fourth-order valence-electron chi connectivity index (χ4n) is 2.55. The molecule has 3 unspecified atom stereocenters. The predicted molar refractivity (Wildman–Crippen MR) is 52.6 cm³/mol. The van der Waals surface area contributed by atoms with Gasteiger partial charge in [0.2, 0.25) is 0 Å². The number of hydrogen-bond donors (Lipinski definition) is 1. The normalized spacial score (nSPS) is 43.7. The van der Waals surface area contributed by atoms with E-state index in [1.54, 1.807) is 0 Å². The highest BCUT2D eigenvalue weighted by atomic mass is 79.9. The van der Waals surface area contributed by atoms with E-state index in [1.807, 2.05) is 0 Å². The van der Waals surface area contributed by atoms with Crippen LogP contribution in [0.3, 0.4) is 0 Å². The smallest absolute Gasteiger partial charge is 0.329 e. The summed E-state index contributed by atoms with van der Waals surface area (Å²) in [5, 5.41) is 10.00. The molecule has 0 aromatic carbocycles. The molecule has 0 amide bonds. The van der Waals surface area contributed by atoms with E-state index in [-0.39, 0.29) is 12.3 Å². The minimum Gasteiger partial charge on any atom is -0.382 e. The van der Waals surface area contributed by atoms with E-state index in [0.29, 0.717) is 19.5 Å². The second-order valence-corrected chi connectivity index (χ2v) is 5.31. The molecule has 0 saturated carbocycles. The molecule has 0 radical (unpaired) electrons. The second kappa shape index (κ2) is 3.39. The van der Waals surface area contributed by atoms with E-state index in [0.717, 1.165) is 13.0 Å². The van der Waals surface area contributed by atoms with Gasteiger partial charge in [0.15, 0.2) is 0 Å². The van der Waals surface area contributed by atoms with Crippen LogP contribution in [-0.2, 0) is 0 Å². The first-order chi connectivity index (χ1) is 6.43. The number of aliphatic hydroxyl groups is 1. The van der Waals surface area contributed by atoms with Crippen molar-refractivity contribution in [2.75, 3.05) is 19.6 Å². The Kier molecular flexibility index (Phi) is 2.60. The molecule has 0 spiro atoms. The Labute approximate surface area is 90.4 Å². The third kappa shape index (κ3) is 1.59. The lowest BCUT2D eigenvalue weighted by molar-refractivity contribution is -0.185. The predicted octanol–water partition coefficient (Wildman–Crippen LogP) is 1.82. The van der Waals surface area contributed by atoms with Crippen molar-refractivity contribution in [1.29, 1.82) is 0 Å². The molecule has 2 saturated heterocycles. The van der Waals surface area contributed by atoms with Crippen LogP contribution in [0.4, 0.5) is 8.78 Å². The highest BCUT2D eigenvalue weighted by molar-refractivity contribution is 9.10. The highest BCUT2D eigenvalue weighted by Crippen LogP contribution is 2.47. The Hall–Kier alpha value is 0.260. The van der Waals surface area contributed by atoms with E-state index < -0.39 is 10.4 Å². The molecular formula is C9H14BrF2NO. The first-order valence-corrected chi connectivity index (χ1v) is 5.74. The maximum absolute atomic E-state index is 13.2. The molecule has 2 heterocycles. The van der Waals surface area contributed by atoms with Crippen molar-refractivity contribution in [3.05, 3.63) is 0 Å². The molecule has 1 N–H and O–H groups in total. The fourth-order valence-corrected chi connectivity index (χ4v) is 3.08. The Morgan fingerprint density at radius 1 is 1.43 bits per heavy atom. The van der Waals surface area contributed by atoms with Crippen molar-refractivity contribution in [3.63, 3.8) is 0 Å². The van der Waals surface area contributed by atoms with Crippen LogP contribution in [0.1, 0.15) is 19.3 Å². The topological polar surface area (TPSA) is 23.5 Å². The van der Waals surface area contributed by atoms with Gasteiger partial charge in [-0.05, 0) is 41.7 Å². The standard InChI is InChI=1S/C9H14BrF2NO/c10-9(11,12)8(14)3-5-13-4-1-2-7(8)6-13/h7,14H,1-6H2. The summed E-state index contributed by atoms with van der Waals surface area (Å²) in [4.78, 5) is -1.00. The fraction of sp³-hybridized carbons (Fsp3) is 1.00. The van der Waals surface area contributed by atoms with Gasteiger partial charge in [0.1, 0.15) is 5.60 Å². The van der Waals surface area contributed by atoms with E-state index in [9.17, 15) is 13.9 Å². The zero-order chi connectivity index (χ0) is 10.4. The van der Waals surface area contributed by atoms with E-state index in [4.69, 9.17) is 0 Å². The van der Waals surface area contributed by atoms with E-state index in [1.165, 1.54) is 0 Å². The summed E-state index contributed by atoms with van der Waals surface area (Å²) >= 11 is 2.32. The zero-order valence-electron chi connectivity index (χ0n) is 7.85. The summed E-state index contributed by atoms with van der Waals surface area (Å²) < 4.78 is 26.5. The van der Waals surface area contributed by atoms with Crippen LogP contribution in [0.25, 0.3) is 0 Å². The van der Waals surface area contributed by atoms with Gasteiger partial charge in [-0.15, -0.1) is 0 Å². The van der Waals surface area contributed by atoms with Crippen molar-refractivity contribution in [2.45, 2.75) is 29.7 Å². The van der Waals surface area contributed by atoms with Crippen LogP contribution in [-0.4, -0.2) is 40.1 Å². The molecule has 0 aliphatic carbocycles. The molecule has 2 aliphatic rings. The lowest BCUT2D eigenvalue weighted by Gasteiger charge is -2.49. The molecule has 2 aliphatic heterocycles. The Balaban J connectivity index is 2.19. The van der Waals surface area contributed by atoms with Gasteiger partial charge >= 0.3 is 4.83 Å². The summed E-state index contributed by atoms with van der Waals surface area (Å²) in [5.41, 5.74) is -1.84. The Morgan fingerprint density at radius 3 is 2.79 bits per heavy atom. The van der Waals surface area contributed by atoms with Crippen molar-refractivity contribution in [2.24, 2.45) is 5.92 Å². The van der Waals surface area contributed by atoms with Gasteiger partial charge in [-0.2, -0.15) is 8.78 Å². The minimum absolute atomic E-state index is 0.163. The van der Waals surface area contributed by atoms with Crippen LogP contribution in [0, 0.1) is 5.92 Å². The third-order valence-corrected chi connectivity index (χ3v) is 4.17. The number of fused-ring (bicyclic) bond motifs is 2. The second-order valence-electron chi connectivity index (χ2n) is 4.31. The summed E-state index contributed by atoms with van der Waals surface area (Å²) in [6, 6.07) is 0. The van der Waals surface area contributed by atoms with Gasteiger partial charge < -0.3 is 10.0 Å². The molecule has 2 rings (SSSR count). The van der Waals surface area contributed by atoms with Gasteiger partial charge in [0.05, 0.1) is 0 Å². The lowest BCUT2D eigenvalue weighted by Crippen LogP contribution is -2.61. The largest absolute Gasteiger partial charge is 0.382 e. The van der Waals surface area contributed by atoms with Crippen molar-refractivity contribution >= 4 is 15.9 Å². The number of rotatable bonds is 1. The first kappa shape index (κ1) is 10.8. The van der Waals surface area contributed by atoms with Crippen LogP contribution in [0.15, 0.2) is 0 Å². The minimum atomic E-state index is -3.16. The summed E-state index contributed by atoms with van der Waals surface area (Å²) in [5.74, 6) is -0.292. The molecule has 82 valence electrons. The molecule has 0 aromatic rings. The SMILES string of the molecule is OC1(C(F)(F)Br)CCN2CCCC1C2. The molecule has 2 nitrogen and oxygen atoms in total. The van der Waals surface area contributed by atoms with E-state index >= 15 is 0 Å². The zero-order valence-corrected chi connectivity index (χ0v) is 9.43. The average molecular weight is 270 g/mol. The van der Waals surface area contributed by atoms with Crippen LogP contribution >= 0.6 is 15.9 Å². The number of halogens is 3. The molecular weight excluding hydrogens is 256 g/mol. The quantitative estimate of drug-likeness (QED) is 0.735. The van der Waals surface area contributed by atoms with E-state index in [2.05, 4.69) is 20.8 Å². The summed E-state index contributed by atoms with van der Waals surface area (Å²) in [7, 11) is 0. The molecule has 2 bridgehead atoms. The van der Waals surface area contributed by atoms with Crippen molar-refractivity contribution in [1.82, 2.24) is 4.90 Å². The number of hydrogen-bond acceptors (Lipinski definition) is 2. The Morgan fingerprint density at radius 2 is 2.14 bits per heavy atom. The number of alkyl halides is 3. The monoisotopic (exact) mass is 269 g/mol. The summed E-state index contributed by atoms with van der Waals surface area (Å²) in [6.45, 7) is 2.17. The number of nitrogens with zero attached hydrogens (tertiary/aromatic N) is 1. The molecule has 5 heteroatoms. The maximum atomic E-state index is 13.2. The molecule has 0 aromatic heterocycles. The van der Waals surface area contributed by atoms with Gasteiger partial charge in [0, 0.05) is 19.0 Å². The lowest BCUT2D eigenvalue weighted by atomic mass is 9.76. The third-order valence-electron chi connectivity index (χ3n) is 3.48. The van der Waals surface area contributed by atoms with Gasteiger partial charge in [-0.3, -0.25) is 0 Å². The maximum Gasteiger partial charge on any atom is 0.329 e. The van der Waals surface area contributed by atoms with Crippen LogP contribution < -0.4 is 0 Å². The average Bonchev–Trinajstić information content (AvgIpc) is 2.11. The summed E-state index contributed by atoms with van der Waals surface area (Å²) in [6.07, 6.45) is 1.78. The highest BCUT2D eigenvalue weighted by Gasteiger charge is 2.57. The molecule has 3 atom stereocenters.